The van der Waals surface area contributed by atoms with Crippen LogP contribution in [0.2, 0.25) is 0 Å². The van der Waals surface area contributed by atoms with Gasteiger partial charge in [0.05, 0.1) is 18.7 Å². The van der Waals surface area contributed by atoms with Gasteiger partial charge in [0.2, 0.25) is 35.4 Å². The highest BCUT2D eigenvalue weighted by Gasteiger charge is 2.46. The van der Waals surface area contributed by atoms with E-state index in [4.69, 9.17) is 0 Å². The number of carbonyl (C=O) groups excluding carboxylic acids is 8. The number of benzene rings is 3. The summed E-state index contributed by atoms with van der Waals surface area (Å²) in [5.74, 6) is -3.41. The number of aliphatic hydroxyl groups is 1. The molecule has 2 aliphatic carbocycles. The number of halogens is 2. The van der Waals surface area contributed by atoms with Crippen LogP contribution in [0, 0.1) is 23.2 Å². The quantitative estimate of drug-likeness (QED) is 0.0557. The Morgan fingerprint density at radius 3 is 1.99 bits per heavy atom. The molecule has 9 atom stereocenters. The summed E-state index contributed by atoms with van der Waals surface area (Å²) in [6.45, 7) is 12.9. The van der Waals surface area contributed by atoms with Gasteiger partial charge in [-0.15, -0.1) is 24.8 Å². The minimum absolute atomic E-state index is 0. The van der Waals surface area contributed by atoms with Gasteiger partial charge in [0.15, 0.2) is 5.78 Å². The Kier molecular flexibility index (Phi) is 25.2. The van der Waals surface area contributed by atoms with E-state index in [0.29, 0.717) is 16.5 Å². The number of Topliss-reactive ketones (excluding diaryl/α,β-unsaturated/α-hetero) is 1. The molecule has 7 amide bonds. The average molecular weight is 1140 g/mol. The molecule has 79 heavy (non-hydrogen) atoms. The van der Waals surface area contributed by atoms with Gasteiger partial charge in [-0.3, -0.25) is 38.4 Å². The number of carbonyl (C=O) groups is 8. The number of nitrogens with zero attached hydrogens (tertiary/aromatic N) is 1. The second-order valence-corrected chi connectivity index (χ2v) is 23.0. The van der Waals surface area contributed by atoms with Crippen molar-refractivity contribution < 1.29 is 43.5 Å². The lowest BCUT2D eigenvalue weighted by atomic mass is 9.83. The smallest absolute Gasteiger partial charge is 0.251 e. The summed E-state index contributed by atoms with van der Waals surface area (Å²) < 4.78 is 0. The van der Waals surface area contributed by atoms with Crippen molar-refractivity contribution in [2.24, 2.45) is 23.2 Å². The van der Waals surface area contributed by atoms with Gasteiger partial charge >= 0.3 is 0 Å². The molecule has 1 aliphatic heterocycles. The third kappa shape index (κ3) is 17.4. The van der Waals surface area contributed by atoms with Gasteiger partial charge in [-0.25, -0.2) is 0 Å². The number of nitrogens with one attached hydrogen (secondary N) is 8. The highest BCUT2D eigenvalue weighted by atomic mass is 35.5. The van der Waals surface area contributed by atoms with Crippen LogP contribution in [0.25, 0.3) is 10.8 Å². The highest BCUT2D eigenvalue weighted by Crippen LogP contribution is 2.34. The third-order valence-corrected chi connectivity index (χ3v) is 16.1. The van der Waals surface area contributed by atoms with Crippen molar-refractivity contribution >= 4 is 82.7 Å². The first-order chi connectivity index (χ1) is 36.6. The van der Waals surface area contributed by atoms with Crippen molar-refractivity contribution in [3.05, 3.63) is 82.9 Å². The summed E-state index contributed by atoms with van der Waals surface area (Å²) >= 11 is 0. The Bertz CT molecular complexity index is 2600. The zero-order valence-corrected chi connectivity index (χ0v) is 49.1. The number of hydrogen-bond donors (Lipinski definition) is 9. The van der Waals surface area contributed by atoms with E-state index >= 15 is 0 Å². The van der Waals surface area contributed by atoms with Gasteiger partial charge in [-0.2, -0.15) is 0 Å². The van der Waals surface area contributed by atoms with Gasteiger partial charge < -0.3 is 52.5 Å². The van der Waals surface area contributed by atoms with Crippen LogP contribution in [0.4, 0.5) is 0 Å². The van der Waals surface area contributed by atoms with E-state index in [1.165, 1.54) is 5.56 Å². The summed E-state index contributed by atoms with van der Waals surface area (Å²) in [6, 6.07) is 12.8. The number of aryl methyl sites for hydroxylation is 1. The Morgan fingerprint density at radius 2 is 1.35 bits per heavy atom. The van der Waals surface area contributed by atoms with E-state index in [1.807, 2.05) is 59.7 Å². The Morgan fingerprint density at radius 1 is 0.709 bits per heavy atom. The predicted octanol–water partition coefficient (Wildman–Crippen LogP) is 5.22. The van der Waals surface area contributed by atoms with Gasteiger partial charge in [0.25, 0.3) is 5.91 Å². The fraction of sp³-hybridized carbons (Fsp3) is 0.593. The normalized spacial score (nSPS) is 19.6. The van der Waals surface area contributed by atoms with Gasteiger partial charge in [0, 0.05) is 36.7 Å². The van der Waals surface area contributed by atoms with Crippen LogP contribution < -0.4 is 42.5 Å². The SMILES string of the molecule is CN[C@@H](C)C(=O)N[C@H](C(=O)N1C[C@@H](CC(=O)c2ccc3cc(C(=O)NCC[C@H](NC(=O)[C@@H](NC(=O)[C@H](CO)NC)C4CCCCC4)C(=O)N[C@H](C)C(C)C)ccc3c2)C[C@H]1C(=O)N[C@@H]1CCCc2ccccc21)C(C)(C)C.Cl.Cl. The first-order valence-electron chi connectivity index (χ1n) is 27.8. The fourth-order valence-electron chi connectivity index (χ4n) is 10.8. The molecule has 1 heterocycles. The molecule has 1 saturated heterocycles. The largest absolute Gasteiger partial charge is 0.394 e. The number of rotatable bonds is 23. The third-order valence-electron chi connectivity index (χ3n) is 16.1. The molecule has 0 unspecified atom stereocenters. The minimum Gasteiger partial charge on any atom is -0.394 e. The molecule has 1 saturated carbocycles. The molecular weight excluding hydrogens is 1050 g/mol. The molecule has 0 spiro atoms. The lowest BCUT2D eigenvalue weighted by Gasteiger charge is -2.36. The summed E-state index contributed by atoms with van der Waals surface area (Å²) in [5, 5.41) is 34.7. The molecule has 0 aromatic heterocycles. The number of likely N-dealkylation sites (tertiary alicyclic amines) is 1. The van der Waals surface area contributed by atoms with Gasteiger partial charge in [0.1, 0.15) is 30.2 Å². The van der Waals surface area contributed by atoms with E-state index in [2.05, 4.69) is 48.6 Å². The molecule has 9 N–H and O–H groups in total. The van der Waals surface area contributed by atoms with Crippen molar-refractivity contribution in [1.82, 2.24) is 47.4 Å². The first-order valence-corrected chi connectivity index (χ1v) is 27.8. The Balaban J connectivity index is 0.00000672. The zero-order chi connectivity index (χ0) is 56.1. The molecule has 3 aromatic carbocycles. The van der Waals surface area contributed by atoms with Gasteiger partial charge in [-0.05, 0) is 136 Å². The van der Waals surface area contributed by atoms with E-state index in [1.54, 1.807) is 62.3 Å². The van der Waals surface area contributed by atoms with Crippen LogP contribution in [-0.4, -0.2) is 133 Å². The second-order valence-electron chi connectivity index (χ2n) is 23.0. The summed E-state index contributed by atoms with van der Waals surface area (Å²) in [4.78, 5) is 112. The topological polar surface area (TPSA) is 256 Å². The lowest BCUT2D eigenvalue weighted by molar-refractivity contribution is -0.144. The standard InChI is InChI=1S/C59H85N9O9.2ClH/c1-34(2)35(3)63-54(73)46(65-57(76)50(39-17-11-10-12-18-39)66-55(74)47(33-69)61-9)26-27-62-53(72)43-25-23-40-30-42(24-22-41(40)31-43)49(70)29-37-28-48(56(75)64-45-21-15-19-38-16-13-14-20-44(38)45)68(32-37)58(77)51(59(5,6)7)67-52(71)36(4)60-8;;/h13-14,16,20,22-25,30-31,34-37,39,45-48,50-51,60-61,69H,10-12,15,17-19,21,26-29,32-33H2,1-9H3,(H,62,72)(H,63,73)(H,64,75)(H,65,76)(H,66,74)(H,67,71);2*1H/t35-,36+,37-,45-,46+,47+,48+,50+,51-;;/m1../s1. The number of hydrogen-bond acceptors (Lipinski definition) is 11. The highest BCUT2D eigenvalue weighted by molar-refractivity contribution is 6.03. The van der Waals surface area contributed by atoms with Crippen LogP contribution in [0.15, 0.2) is 60.7 Å². The van der Waals surface area contributed by atoms with Crippen molar-refractivity contribution in [1.29, 1.82) is 0 Å². The molecule has 6 rings (SSSR count). The molecule has 3 aliphatic rings. The summed E-state index contributed by atoms with van der Waals surface area (Å²) in [6.07, 6.45) is 7.27. The summed E-state index contributed by atoms with van der Waals surface area (Å²) in [7, 11) is 3.22. The van der Waals surface area contributed by atoms with E-state index in [-0.39, 0.29) is 111 Å². The monoisotopic (exact) mass is 1140 g/mol. The molecule has 0 radical (unpaired) electrons. The number of amides is 7. The van der Waals surface area contributed by atoms with Crippen molar-refractivity contribution in [3.8, 4) is 0 Å². The van der Waals surface area contributed by atoms with E-state index in [9.17, 15) is 43.5 Å². The maximum atomic E-state index is 14.7. The molecule has 3 aromatic rings. The molecule has 18 nitrogen and oxygen atoms in total. The number of likely N-dealkylation sites (N-methyl/N-ethyl adjacent to an activating group) is 2. The van der Waals surface area contributed by atoms with Crippen LogP contribution in [0.5, 0.6) is 0 Å². The van der Waals surface area contributed by atoms with Crippen molar-refractivity contribution in [2.45, 2.75) is 167 Å². The van der Waals surface area contributed by atoms with Gasteiger partial charge in [-0.1, -0.05) is 96.3 Å². The van der Waals surface area contributed by atoms with Crippen molar-refractivity contribution in [3.63, 3.8) is 0 Å². The number of fused-ring (bicyclic) bond motifs is 2. The molecule has 0 bridgehead atoms. The average Bonchev–Trinajstić information content (AvgIpc) is 3.89. The van der Waals surface area contributed by atoms with Crippen molar-refractivity contribution in [2.75, 3.05) is 33.8 Å². The maximum Gasteiger partial charge on any atom is 0.251 e. The second kappa shape index (κ2) is 30.2. The molecule has 20 heteroatoms. The van der Waals surface area contributed by atoms with Crippen LogP contribution >= 0.6 is 24.8 Å². The van der Waals surface area contributed by atoms with Crippen LogP contribution in [-0.2, 0) is 35.2 Å². The molecule has 2 fully saturated rings. The summed E-state index contributed by atoms with van der Waals surface area (Å²) in [5.41, 5.74) is 2.34. The Hall–Kier alpha value is -5.66. The fourth-order valence-corrected chi connectivity index (χ4v) is 10.8. The zero-order valence-electron chi connectivity index (χ0n) is 47.5. The molecule has 436 valence electrons. The van der Waals surface area contributed by atoms with E-state index < -0.39 is 71.9 Å². The Labute approximate surface area is 478 Å². The maximum absolute atomic E-state index is 14.7. The van der Waals surface area contributed by atoms with Crippen LogP contribution in [0.3, 0.4) is 0 Å². The first kappa shape index (κ1) is 65.9. The van der Waals surface area contributed by atoms with E-state index in [0.717, 1.165) is 62.3 Å². The minimum atomic E-state index is -1.03. The number of aliphatic hydroxyl groups excluding tert-OH is 1. The predicted molar refractivity (Wildman–Crippen MR) is 311 cm³/mol. The molecular formula is C59H87Cl2N9O9. The van der Waals surface area contributed by atoms with Crippen LogP contribution in [0.1, 0.15) is 151 Å². The number of ketones is 1. The lowest BCUT2D eigenvalue weighted by Crippen LogP contribution is -2.59.